The molecule has 3 rings (SSSR count). The summed E-state index contributed by atoms with van der Waals surface area (Å²) in [5.41, 5.74) is 7.96. The maximum Gasteiger partial charge on any atom is 0.277 e. The molecule has 0 bridgehead atoms. The quantitative estimate of drug-likeness (QED) is 0.539. The van der Waals surface area contributed by atoms with Crippen molar-refractivity contribution in [2.24, 2.45) is 0 Å². The van der Waals surface area contributed by atoms with Gasteiger partial charge in [-0.2, -0.15) is 5.26 Å². The van der Waals surface area contributed by atoms with E-state index in [4.69, 9.17) is 10.5 Å². The summed E-state index contributed by atoms with van der Waals surface area (Å²) in [5, 5.41) is 20.9. The van der Waals surface area contributed by atoms with E-state index in [2.05, 4.69) is 4.98 Å². The molecule has 1 aromatic heterocycles. The number of nitro benzene ring substituents is 1. The number of nitrogens with zero attached hydrogens (tertiary/aromatic N) is 3. The lowest BCUT2D eigenvalue weighted by Crippen LogP contribution is -2.01. The number of benzene rings is 2. The Balaban J connectivity index is 2.18. The Morgan fingerprint density at radius 1 is 1.19 bits per heavy atom. The third-order valence-corrected chi connectivity index (χ3v) is 4.01. The van der Waals surface area contributed by atoms with Crippen LogP contribution in [-0.2, 0) is 0 Å². The van der Waals surface area contributed by atoms with Crippen molar-refractivity contribution in [3.63, 3.8) is 0 Å². The average molecular weight is 360 g/mol. The maximum absolute atomic E-state index is 11.4. The minimum absolute atomic E-state index is 0.0250. The molecule has 0 saturated carbocycles. The van der Waals surface area contributed by atoms with E-state index in [0.29, 0.717) is 23.4 Å². The van der Waals surface area contributed by atoms with Crippen LogP contribution in [0.4, 0.5) is 11.5 Å². The molecular weight excluding hydrogens is 344 g/mol. The predicted octanol–water partition coefficient (Wildman–Crippen LogP) is 4.18. The summed E-state index contributed by atoms with van der Waals surface area (Å²) in [5.74, 6) is 0.749. The van der Waals surface area contributed by atoms with Crippen LogP contribution in [0.5, 0.6) is 5.75 Å². The van der Waals surface area contributed by atoms with E-state index in [1.165, 1.54) is 6.07 Å². The first-order chi connectivity index (χ1) is 13.0. The Morgan fingerprint density at radius 3 is 2.52 bits per heavy atom. The highest BCUT2D eigenvalue weighted by atomic mass is 16.6. The molecule has 0 aliphatic carbocycles. The van der Waals surface area contributed by atoms with Gasteiger partial charge in [0.15, 0.2) is 0 Å². The smallest absolute Gasteiger partial charge is 0.277 e. The summed E-state index contributed by atoms with van der Waals surface area (Å²) >= 11 is 0. The predicted molar refractivity (Wildman–Crippen MR) is 102 cm³/mol. The summed E-state index contributed by atoms with van der Waals surface area (Å²) in [6.45, 7) is 2.46. The number of hydrogen-bond donors (Lipinski definition) is 1. The second kappa shape index (κ2) is 7.54. The van der Waals surface area contributed by atoms with E-state index in [0.717, 1.165) is 11.3 Å². The van der Waals surface area contributed by atoms with Gasteiger partial charge in [-0.1, -0.05) is 12.1 Å². The van der Waals surface area contributed by atoms with Crippen molar-refractivity contribution in [2.75, 3.05) is 12.3 Å². The number of para-hydroxylation sites is 1. The van der Waals surface area contributed by atoms with Crippen molar-refractivity contribution < 1.29 is 9.66 Å². The van der Waals surface area contributed by atoms with E-state index in [-0.39, 0.29) is 17.1 Å². The number of rotatable bonds is 5. The van der Waals surface area contributed by atoms with Crippen molar-refractivity contribution in [1.82, 2.24) is 4.98 Å². The van der Waals surface area contributed by atoms with Crippen LogP contribution in [0.1, 0.15) is 12.5 Å². The molecule has 0 unspecified atom stereocenters. The molecule has 0 saturated heterocycles. The Hall–Kier alpha value is -3.92. The Kier molecular flexibility index (Phi) is 4.99. The Morgan fingerprint density at radius 2 is 1.89 bits per heavy atom. The van der Waals surface area contributed by atoms with Gasteiger partial charge < -0.3 is 10.5 Å². The summed E-state index contributed by atoms with van der Waals surface area (Å²) in [6.07, 6.45) is 0. The van der Waals surface area contributed by atoms with Gasteiger partial charge in [0, 0.05) is 17.2 Å². The average Bonchev–Trinajstić information content (AvgIpc) is 2.68. The molecule has 1 heterocycles. The lowest BCUT2D eigenvalue weighted by molar-refractivity contribution is -0.384. The Labute approximate surface area is 155 Å². The van der Waals surface area contributed by atoms with Crippen molar-refractivity contribution in [2.45, 2.75) is 6.92 Å². The Bertz CT molecular complexity index is 1040. The molecule has 0 spiro atoms. The fourth-order valence-electron chi connectivity index (χ4n) is 2.79. The summed E-state index contributed by atoms with van der Waals surface area (Å²) in [4.78, 5) is 15.2. The SMILES string of the molecule is CCOc1ccc(-c2cc(-c3ccccc3[N+](=O)[O-])c(C#N)c(N)n2)cc1. The third-order valence-electron chi connectivity index (χ3n) is 4.01. The van der Waals surface area contributed by atoms with Gasteiger partial charge in [-0.3, -0.25) is 10.1 Å². The van der Waals surface area contributed by atoms with Gasteiger partial charge in [-0.15, -0.1) is 0 Å². The lowest BCUT2D eigenvalue weighted by Gasteiger charge is -2.11. The van der Waals surface area contributed by atoms with Gasteiger partial charge in [0.05, 0.1) is 22.8 Å². The highest BCUT2D eigenvalue weighted by Crippen LogP contribution is 2.36. The molecule has 134 valence electrons. The maximum atomic E-state index is 11.4. The molecule has 27 heavy (non-hydrogen) atoms. The normalized spacial score (nSPS) is 10.2. The van der Waals surface area contributed by atoms with Crippen LogP contribution in [0.3, 0.4) is 0 Å². The molecule has 7 nitrogen and oxygen atoms in total. The molecule has 0 aliphatic heterocycles. The summed E-state index contributed by atoms with van der Waals surface area (Å²) in [7, 11) is 0. The van der Waals surface area contributed by atoms with Crippen LogP contribution in [0.15, 0.2) is 54.6 Å². The number of nitrogen functional groups attached to an aromatic ring is 1. The van der Waals surface area contributed by atoms with Crippen molar-refractivity contribution >= 4 is 11.5 Å². The second-order valence-electron chi connectivity index (χ2n) is 5.66. The van der Waals surface area contributed by atoms with E-state index in [1.54, 1.807) is 36.4 Å². The van der Waals surface area contributed by atoms with Gasteiger partial charge in [0.1, 0.15) is 23.2 Å². The van der Waals surface area contributed by atoms with E-state index >= 15 is 0 Å². The number of nitro groups is 1. The van der Waals surface area contributed by atoms with Crippen LogP contribution in [-0.4, -0.2) is 16.5 Å². The number of aromatic nitrogens is 1. The molecule has 0 fully saturated rings. The number of ether oxygens (including phenoxy) is 1. The lowest BCUT2D eigenvalue weighted by atomic mass is 9.97. The van der Waals surface area contributed by atoms with E-state index in [9.17, 15) is 15.4 Å². The topological polar surface area (TPSA) is 115 Å². The minimum Gasteiger partial charge on any atom is -0.494 e. The van der Waals surface area contributed by atoms with E-state index < -0.39 is 4.92 Å². The van der Waals surface area contributed by atoms with Crippen LogP contribution in [0, 0.1) is 21.4 Å². The zero-order valence-electron chi connectivity index (χ0n) is 14.5. The van der Waals surface area contributed by atoms with Gasteiger partial charge in [0.25, 0.3) is 5.69 Å². The first-order valence-electron chi connectivity index (χ1n) is 8.22. The molecular formula is C20H16N4O3. The highest BCUT2D eigenvalue weighted by Gasteiger charge is 2.20. The molecule has 3 aromatic rings. The van der Waals surface area contributed by atoms with Crippen molar-refractivity contribution in [3.05, 3.63) is 70.3 Å². The number of hydrogen-bond acceptors (Lipinski definition) is 6. The van der Waals surface area contributed by atoms with Crippen LogP contribution < -0.4 is 10.5 Å². The molecule has 0 atom stereocenters. The number of nitriles is 1. The molecule has 7 heteroatoms. The van der Waals surface area contributed by atoms with Crippen LogP contribution >= 0.6 is 0 Å². The number of pyridine rings is 1. The summed E-state index contributed by atoms with van der Waals surface area (Å²) in [6, 6.07) is 17.1. The highest BCUT2D eigenvalue weighted by molar-refractivity contribution is 5.84. The van der Waals surface area contributed by atoms with Gasteiger partial charge in [0.2, 0.25) is 0 Å². The minimum atomic E-state index is -0.482. The van der Waals surface area contributed by atoms with Gasteiger partial charge in [-0.05, 0) is 43.3 Å². The zero-order chi connectivity index (χ0) is 19.4. The number of anilines is 1. The molecule has 2 N–H and O–H groups in total. The van der Waals surface area contributed by atoms with E-state index in [1.807, 2.05) is 25.1 Å². The molecule has 2 aromatic carbocycles. The standard InChI is InChI=1S/C20H16N4O3/c1-2-27-14-9-7-13(8-10-14)18-11-16(17(12-21)20(22)23-18)15-5-3-4-6-19(15)24(25)26/h3-11H,2H2,1H3,(H2,22,23). The molecule has 0 radical (unpaired) electrons. The van der Waals surface area contributed by atoms with Crippen LogP contribution in [0.2, 0.25) is 0 Å². The molecule has 0 aliphatic rings. The van der Waals surface area contributed by atoms with Crippen molar-refractivity contribution in [1.29, 1.82) is 5.26 Å². The first kappa shape index (κ1) is 17.9. The fourth-order valence-corrected chi connectivity index (χ4v) is 2.79. The second-order valence-corrected chi connectivity index (χ2v) is 5.66. The first-order valence-corrected chi connectivity index (χ1v) is 8.22. The van der Waals surface area contributed by atoms with Crippen LogP contribution in [0.25, 0.3) is 22.4 Å². The van der Waals surface area contributed by atoms with Gasteiger partial charge in [-0.25, -0.2) is 4.98 Å². The monoisotopic (exact) mass is 360 g/mol. The number of nitrogens with two attached hydrogens (primary N) is 1. The largest absolute Gasteiger partial charge is 0.494 e. The third kappa shape index (κ3) is 3.55. The fraction of sp³-hybridized carbons (Fsp3) is 0.100. The summed E-state index contributed by atoms with van der Waals surface area (Å²) < 4.78 is 5.43. The molecule has 0 amide bonds. The van der Waals surface area contributed by atoms with Crippen molar-refractivity contribution in [3.8, 4) is 34.2 Å². The zero-order valence-corrected chi connectivity index (χ0v) is 14.5. The van der Waals surface area contributed by atoms with Gasteiger partial charge >= 0.3 is 0 Å².